The Balaban J connectivity index is 1.51. The molecule has 1 amide bonds. The first-order valence-corrected chi connectivity index (χ1v) is 10.3. The zero-order chi connectivity index (χ0) is 21.0. The molecule has 0 unspecified atom stereocenters. The molecular formula is C24H26FNO4. The Morgan fingerprint density at radius 3 is 2.77 bits per heavy atom. The Labute approximate surface area is 175 Å². The summed E-state index contributed by atoms with van der Waals surface area (Å²) in [6, 6.07) is 12.3. The minimum absolute atomic E-state index is 0.176. The average molecular weight is 411 g/mol. The van der Waals surface area contributed by atoms with Crippen molar-refractivity contribution in [1.29, 1.82) is 0 Å². The van der Waals surface area contributed by atoms with E-state index in [-0.39, 0.29) is 23.7 Å². The first kappa shape index (κ1) is 20.4. The molecule has 5 nitrogen and oxygen atoms in total. The quantitative estimate of drug-likeness (QED) is 0.784. The second-order valence-electron chi connectivity index (χ2n) is 7.65. The summed E-state index contributed by atoms with van der Waals surface area (Å²) in [5, 5.41) is 3.05. The highest BCUT2D eigenvalue weighted by Crippen LogP contribution is 2.37. The van der Waals surface area contributed by atoms with Gasteiger partial charge in [-0.05, 0) is 49.6 Å². The number of rotatable bonds is 6. The Bertz CT molecular complexity index is 950. The third kappa shape index (κ3) is 4.19. The smallest absolute Gasteiger partial charge is 0.250 e. The van der Waals surface area contributed by atoms with Gasteiger partial charge in [-0.2, -0.15) is 0 Å². The van der Waals surface area contributed by atoms with Gasteiger partial charge in [-0.15, -0.1) is 0 Å². The second-order valence-corrected chi connectivity index (χ2v) is 7.65. The topological polar surface area (TPSA) is 56.8 Å². The van der Waals surface area contributed by atoms with Crippen LogP contribution in [0.5, 0.6) is 11.5 Å². The van der Waals surface area contributed by atoms with E-state index in [1.54, 1.807) is 12.1 Å². The van der Waals surface area contributed by atoms with E-state index in [2.05, 4.69) is 5.32 Å². The van der Waals surface area contributed by atoms with Crippen LogP contribution in [0.15, 0.2) is 48.0 Å². The third-order valence-electron chi connectivity index (χ3n) is 5.78. The molecule has 0 saturated carbocycles. The van der Waals surface area contributed by atoms with Crippen LogP contribution in [0.4, 0.5) is 4.39 Å². The lowest BCUT2D eigenvalue weighted by Gasteiger charge is -2.38. The monoisotopic (exact) mass is 411 g/mol. The summed E-state index contributed by atoms with van der Waals surface area (Å²) in [6.07, 6.45) is 3.30. The van der Waals surface area contributed by atoms with Gasteiger partial charge >= 0.3 is 0 Å². The van der Waals surface area contributed by atoms with Gasteiger partial charge in [0.2, 0.25) is 0 Å². The van der Waals surface area contributed by atoms with E-state index in [0.717, 1.165) is 24.0 Å². The summed E-state index contributed by atoms with van der Waals surface area (Å²) in [6.45, 7) is 4.24. The highest BCUT2D eigenvalue weighted by molar-refractivity contribution is 5.99. The summed E-state index contributed by atoms with van der Waals surface area (Å²) in [7, 11) is 0. The molecule has 2 aliphatic heterocycles. The summed E-state index contributed by atoms with van der Waals surface area (Å²) >= 11 is 0. The molecule has 2 aromatic carbocycles. The molecule has 158 valence electrons. The molecule has 2 aliphatic rings. The molecule has 4 rings (SSSR count). The van der Waals surface area contributed by atoms with Gasteiger partial charge in [0.25, 0.3) is 5.91 Å². The molecular weight excluding hydrogens is 385 g/mol. The zero-order valence-electron chi connectivity index (χ0n) is 17.1. The minimum atomic E-state index is -0.341. The van der Waals surface area contributed by atoms with E-state index in [0.29, 0.717) is 43.4 Å². The van der Waals surface area contributed by atoms with E-state index in [1.807, 2.05) is 37.3 Å². The number of hydrogen-bond donors (Lipinski definition) is 1. The van der Waals surface area contributed by atoms with Crippen molar-refractivity contribution in [3.05, 3.63) is 65.0 Å². The van der Waals surface area contributed by atoms with Gasteiger partial charge in [-0.3, -0.25) is 4.79 Å². The van der Waals surface area contributed by atoms with Crippen molar-refractivity contribution >= 4 is 12.0 Å². The van der Waals surface area contributed by atoms with Crippen molar-refractivity contribution in [2.75, 3.05) is 33.0 Å². The van der Waals surface area contributed by atoms with Gasteiger partial charge in [0, 0.05) is 30.7 Å². The standard InChI is InChI=1S/C24H26FNO4/c1-2-29-21-8-3-5-17-13-18(15-30-22(17)21)23(27)26-16-24(9-11-28-12-10-24)19-6-4-7-20(25)14-19/h3-8,13-14H,2,9-12,15-16H2,1H3,(H,26,27). The molecule has 30 heavy (non-hydrogen) atoms. The van der Waals surface area contributed by atoms with Crippen LogP contribution in [0.3, 0.4) is 0 Å². The minimum Gasteiger partial charge on any atom is -0.490 e. The largest absolute Gasteiger partial charge is 0.490 e. The van der Waals surface area contributed by atoms with Crippen LogP contribution in [0.1, 0.15) is 30.9 Å². The fourth-order valence-electron chi connectivity index (χ4n) is 4.09. The molecule has 2 aromatic rings. The van der Waals surface area contributed by atoms with Gasteiger partial charge < -0.3 is 19.5 Å². The number of halogens is 1. The maximum atomic E-state index is 13.9. The lowest BCUT2D eigenvalue weighted by atomic mass is 9.74. The number of benzene rings is 2. The number of fused-ring (bicyclic) bond motifs is 1. The fourth-order valence-corrected chi connectivity index (χ4v) is 4.09. The molecule has 1 fully saturated rings. The highest BCUT2D eigenvalue weighted by Gasteiger charge is 2.35. The van der Waals surface area contributed by atoms with Gasteiger partial charge in [0.15, 0.2) is 11.5 Å². The van der Waals surface area contributed by atoms with Crippen molar-refractivity contribution in [2.45, 2.75) is 25.2 Å². The van der Waals surface area contributed by atoms with Crippen LogP contribution < -0.4 is 14.8 Å². The Morgan fingerprint density at radius 2 is 2.00 bits per heavy atom. The predicted molar refractivity (Wildman–Crippen MR) is 112 cm³/mol. The molecule has 0 aliphatic carbocycles. The predicted octanol–water partition coefficient (Wildman–Crippen LogP) is 3.86. The van der Waals surface area contributed by atoms with E-state index >= 15 is 0 Å². The zero-order valence-corrected chi connectivity index (χ0v) is 17.1. The number of amides is 1. The van der Waals surface area contributed by atoms with Crippen LogP contribution in [-0.2, 0) is 14.9 Å². The normalized spacial score (nSPS) is 17.3. The number of nitrogens with one attached hydrogen (secondary N) is 1. The van der Waals surface area contributed by atoms with Crippen LogP contribution in [-0.4, -0.2) is 38.9 Å². The molecule has 1 saturated heterocycles. The second kappa shape index (κ2) is 8.88. The van der Waals surface area contributed by atoms with Crippen LogP contribution in [0.25, 0.3) is 6.08 Å². The van der Waals surface area contributed by atoms with E-state index in [9.17, 15) is 9.18 Å². The van der Waals surface area contributed by atoms with E-state index < -0.39 is 0 Å². The molecule has 0 aromatic heterocycles. The van der Waals surface area contributed by atoms with Gasteiger partial charge in [0.05, 0.1) is 12.2 Å². The van der Waals surface area contributed by atoms with Crippen LogP contribution >= 0.6 is 0 Å². The summed E-state index contributed by atoms with van der Waals surface area (Å²) in [4.78, 5) is 12.9. The van der Waals surface area contributed by atoms with Gasteiger partial charge in [-0.1, -0.05) is 24.3 Å². The van der Waals surface area contributed by atoms with Crippen molar-refractivity contribution in [3.63, 3.8) is 0 Å². The molecule has 0 bridgehead atoms. The summed E-state index contributed by atoms with van der Waals surface area (Å²) < 4.78 is 30.8. The van der Waals surface area contributed by atoms with Crippen molar-refractivity contribution in [3.8, 4) is 11.5 Å². The SMILES string of the molecule is CCOc1cccc2c1OCC(C(=O)NCC1(c3cccc(F)c3)CCOCC1)=C2. The van der Waals surface area contributed by atoms with Crippen LogP contribution in [0.2, 0.25) is 0 Å². The Morgan fingerprint density at radius 1 is 1.20 bits per heavy atom. The maximum Gasteiger partial charge on any atom is 0.250 e. The molecule has 0 radical (unpaired) electrons. The summed E-state index contributed by atoms with van der Waals surface area (Å²) in [5.74, 6) is 0.897. The van der Waals surface area contributed by atoms with E-state index in [1.165, 1.54) is 6.07 Å². The third-order valence-corrected chi connectivity index (χ3v) is 5.78. The van der Waals surface area contributed by atoms with Crippen molar-refractivity contribution in [2.24, 2.45) is 0 Å². The molecule has 2 heterocycles. The Kier molecular flexibility index (Phi) is 6.04. The van der Waals surface area contributed by atoms with Crippen molar-refractivity contribution < 1.29 is 23.4 Å². The molecule has 0 atom stereocenters. The van der Waals surface area contributed by atoms with Gasteiger partial charge in [0.1, 0.15) is 12.4 Å². The Hall–Kier alpha value is -2.86. The molecule has 1 N–H and O–H groups in total. The van der Waals surface area contributed by atoms with E-state index in [4.69, 9.17) is 14.2 Å². The van der Waals surface area contributed by atoms with Crippen LogP contribution in [0, 0.1) is 5.82 Å². The first-order valence-electron chi connectivity index (χ1n) is 10.3. The van der Waals surface area contributed by atoms with Crippen molar-refractivity contribution in [1.82, 2.24) is 5.32 Å². The molecule has 6 heteroatoms. The lowest BCUT2D eigenvalue weighted by Crippen LogP contribution is -2.45. The van der Waals surface area contributed by atoms with Gasteiger partial charge in [-0.25, -0.2) is 4.39 Å². The molecule has 0 spiro atoms. The number of carbonyl (C=O) groups excluding carboxylic acids is 1. The maximum absolute atomic E-state index is 13.9. The highest BCUT2D eigenvalue weighted by atomic mass is 19.1. The first-order chi connectivity index (χ1) is 14.6. The fraction of sp³-hybridized carbons (Fsp3) is 0.375. The number of hydrogen-bond acceptors (Lipinski definition) is 4. The average Bonchev–Trinajstić information content (AvgIpc) is 2.78. The summed E-state index contributed by atoms with van der Waals surface area (Å²) in [5.41, 5.74) is 1.93. The number of para-hydroxylation sites is 1. The number of ether oxygens (including phenoxy) is 3. The lowest BCUT2D eigenvalue weighted by molar-refractivity contribution is -0.118. The number of carbonyl (C=O) groups is 1.